The second-order valence-corrected chi connectivity index (χ2v) is 5.35. The molecule has 0 aromatic carbocycles. The van der Waals surface area contributed by atoms with Crippen LogP contribution in [0.15, 0.2) is 28.9 Å². The van der Waals surface area contributed by atoms with Gasteiger partial charge in [0.25, 0.3) is 0 Å². The lowest BCUT2D eigenvalue weighted by atomic mass is 9.69. The van der Waals surface area contributed by atoms with Crippen LogP contribution in [-0.2, 0) is 0 Å². The third-order valence-corrected chi connectivity index (χ3v) is 4.35. The molecule has 1 unspecified atom stereocenters. The summed E-state index contributed by atoms with van der Waals surface area (Å²) in [5, 5.41) is 0. The zero-order chi connectivity index (χ0) is 12.9. The Balaban J connectivity index is 3.06. The second-order valence-electron chi connectivity index (χ2n) is 5.35. The monoisotopic (exact) mass is 233 g/mol. The van der Waals surface area contributed by atoms with Crippen LogP contribution in [0.2, 0.25) is 0 Å². The van der Waals surface area contributed by atoms with E-state index in [-0.39, 0.29) is 0 Å². The molecule has 0 aromatic rings. The zero-order valence-corrected chi connectivity index (χ0v) is 11.9. The summed E-state index contributed by atoms with van der Waals surface area (Å²) in [7, 11) is 0. The molecule has 0 bridgehead atoms. The van der Waals surface area contributed by atoms with E-state index in [2.05, 4.69) is 39.3 Å². The van der Waals surface area contributed by atoms with Gasteiger partial charge in [-0.1, -0.05) is 46.3 Å². The predicted octanol–water partition coefficient (Wildman–Crippen LogP) is 5.14. The third kappa shape index (κ3) is 2.70. The highest BCUT2D eigenvalue weighted by molar-refractivity contribution is 5.71. The van der Waals surface area contributed by atoms with E-state index in [0.717, 1.165) is 12.3 Å². The van der Waals surface area contributed by atoms with Crippen molar-refractivity contribution in [1.82, 2.24) is 0 Å². The summed E-state index contributed by atoms with van der Waals surface area (Å²) in [6.45, 7) is 13.0. The summed E-state index contributed by atoms with van der Waals surface area (Å²) in [6, 6.07) is 0. The summed E-state index contributed by atoms with van der Waals surface area (Å²) >= 11 is 0. The molecule has 0 spiro atoms. The molecule has 0 saturated carbocycles. The van der Waals surface area contributed by atoms with Crippen LogP contribution in [0, 0.1) is 11.3 Å². The van der Waals surface area contributed by atoms with Crippen molar-refractivity contribution in [3.05, 3.63) is 23.9 Å². The molecule has 17 heavy (non-hydrogen) atoms. The van der Waals surface area contributed by atoms with E-state index in [9.17, 15) is 0 Å². The van der Waals surface area contributed by atoms with Gasteiger partial charge in [0.2, 0.25) is 0 Å². The first-order chi connectivity index (χ1) is 8.12. The highest BCUT2D eigenvalue weighted by Crippen LogP contribution is 2.53. The van der Waals surface area contributed by atoms with E-state index in [1.807, 2.05) is 6.21 Å². The van der Waals surface area contributed by atoms with Crippen LogP contribution in [0.25, 0.3) is 0 Å². The Morgan fingerprint density at radius 1 is 1.35 bits per heavy atom. The fourth-order valence-corrected chi connectivity index (χ4v) is 3.47. The number of aliphatic imine (C=N–C) groups is 1. The zero-order valence-electron chi connectivity index (χ0n) is 11.9. The Kier molecular flexibility index (Phi) is 5.17. The highest BCUT2D eigenvalue weighted by atomic mass is 14.8. The third-order valence-electron chi connectivity index (χ3n) is 4.35. The summed E-state index contributed by atoms with van der Waals surface area (Å²) < 4.78 is 0. The molecular weight excluding hydrogens is 206 g/mol. The van der Waals surface area contributed by atoms with Crippen LogP contribution in [0.1, 0.15) is 59.8 Å². The van der Waals surface area contributed by atoms with Crippen LogP contribution in [0.5, 0.6) is 0 Å². The Labute approximate surface area is 107 Å². The summed E-state index contributed by atoms with van der Waals surface area (Å²) in [5.41, 5.74) is 3.25. The Hall–Kier alpha value is -0.850. The lowest BCUT2D eigenvalue weighted by Crippen LogP contribution is -2.26. The first kappa shape index (κ1) is 14.2. The van der Waals surface area contributed by atoms with Crippen LogP contribution in [-0.4, -0.2) is 6.21 Å². The van der Waals surface area contributed by atoms with Crippen molar-refractivity contribution < 1.29 is 0 Å². The van der Waals surface area contributed by atoms with E-state index >= 15 is 0 Å². The minimum atomic E-state index is 0.414. The van der Waals surface area contributed by atoms with Crippen molar-refractivity contribution >= 4 is 6.21 Å². The van der Waals surface area contributed by atoms with E-state index in [0.29, 0.717) is 5.41 Å². The molecule has 1 atom stereocenters. The molecule has 1 rings (SSSR count). The average molecular weight is 233 g/mol. The predicted molar refractivity (Wildman–Crippen MR) is 77.4 cm³/mol. The number of rotatable bonds is 6. The fourth-order valence-electron chi connectivity index (χ4n) is 3.47. The topological polar surface area (TPSA) is 12.4 Å². The van der Waals surface area contributed by atoms with Crippen LogP contribution in [0.3, 0.4) is 0 Å². The van der Waals surface area contributed by atoms with Gasteiger partial charge in [0.05, 0.1) is 0 Å². The van der Waals surface area contributed by atoms with E-state index in [1.165, 1.54) is 37.0 Å². The van der Waals surface area contributed by atoms with Gasteiger partial charge in [0.15, 0.2) is 0 Å². The number of hydrogen-bond donors (Lipinski definition) is 0. The van der Waals surface area contributed by atoms with Gasteiger partial charge < -0.3 is 0 Å². The molecule has 1 nitrogen and oxygen atoms in total. The van der Waals surface area contributed by atoms with E-state index in [4.69, 9.17) is 0 Å². The molecule has 1 aliphatic carbocycles. The number of allylic oxidation sites excluding steroid dienone is 3. The van der Waals surface area contributed by atoms with Crippen LogP contribution >= 0.6 is 0 Å². The first-order valence-electron chi connectivity index (χ1n) is 6.97. The summed E-state index contributed by atoms with van der Waals surface area (Å²) in [4.78, 5) is 4.57. The average Bonchev–Trinajstić information content (AvgIpc) is 2.53. The van der Waals surface area contributed by atoms with Gasteiger partial charge in [-0.15, -0.1) is 0 Å². The molecule has 0 fully saturated rings. The van der Waals surface area contributed by atoms with Crippen molar-refractivity contribution in [2.24, 2.45) is 16.3 Å². The SMILES string of the molecule is C=CC=NC1=C(C)C(CCC)(CCC)C(C)C1. The lowest BCUT2D eigenvalue weighted by molar-refractivity contribution is 0.208. The minimum Gasteiger partial charge on any atom is -0.261 e. The maximum absolute atomic E-state index is 4.57. The lowest BCUT2D eigenvalue weighted by Gasteiger charge is -2.35. The number of nitrogens with zero attached hydrogens (tertiary/aromatic N) is 1. The molecule has 1 aliphatic rings. The van der Waals surface area contributed by atoms with Gasteiger partial charge in [0.1, 0.15) is 0 Å². The van der Waals surface area contributed by atoms with Crippen LogP contribution < -0.4 is 0 Å². The molecule has 0 heterocycles. The molecular formula is C16H27N. The van der Waals surface area contributed by atoms with Gasteiger partial charge >= 0.3 is 0 Å². The van der Waals surface area contributed by atoms with Gasteiger partial charge in [-0.25, -0.2) is 0 Å². The minimum absolute atomic E-state index is 0.414. The Bertz CT molecular complexity index is 316. The van der Waals surface area contributed by atoms with Crippen LogP contribution in [0.4, 0.5) is 0 Å². The van der Waals surface area contributed by atoms with Crippen molar-refractivity contribution in [2.45, 2.75) is 59.8 Å². The maximum atomic E-state index is 4.57. The van der Waals surface area contributed by atoms with Gasteiger partial charge in [0, 0.05) is 11.9 Å². The molecule has 96 valence electrons. The van der Waals surface area contributed by atoms with E-state index < -0.39 is 0 Å². The molecule has 1 heteroatoms. The van der Waals surface area contributed by atoms with Crippen molar-refractivity contribution in [1.29, 1.82) is 0 Å². The van der Waals surface area contributed by atoms with Crippen molar-refractivity contribution in [2.75, 3.05) is 0 Å². The molecule has 0 aromatic heterocycles. The second kappa shape index (κ2) is 6.18. The van der Waals surface area contributed by atoms with Gasteiger partial charge in [-0.2, -0.15) is 0 Å². The highest BCUT2D eigenvalue weighted by Gasteiger charge is 2.42. The normalized spacial score (nSPS) is 23.6. The van der Waals surface area contributed by atoms with Crippen molar-refractivity contribution in [3.63, 3.8) is 0 Å². The van der Waals surface area contributed by atoms with Crippen molar-refractivity contribution in [3.8, 4) is 0 Å². The molecule has 0 saturated heterocycles. The Morgan fingerprint density at radius 2 is 1.94 bits per heavy atom. The standard InChI is InChI=1S/C16H27N/c1-6-9-16(10-7-2)13(4)12-15(14(16)5)17-11-8-3/h8,11,13H,3,6-7,9-10,12H2,1-2,4-5H3. The fraction of sp³-hybridized carbons (Fsp3) is 0.688. The van der Waals surface area contributed by atoms with Gasteiger partial charge in [-0.3, -0.25) is 4.99 Å². The smallest absolute Gasteiger partial charge is 0.0401 e. The molecule has 0 amide bonds. The summed E-state index contributed by atoms with van der Waals surface area (Å²) in [6.07, 6.45) is 9.88. The first-order valence-corrected chi connectivity index (χ1v) is 6.97. The maximum Gasteiger partial charge on any atom is 0.0401 e. The molecule has 0 aliphatic heterocycles. The molecule has 0 N–H and O–H groups in total. The largest absolute Gasteiger partial charge is 0.261 e. The Morgan fingerprint density at radius 3 is 2.41 bits per heavy atom. The number of hydrogen-bond acceptors (Lipinski definition) is 1. The van der Waals surface area contributed by atoms with E-state index in [1.54, 1.807) is 6.08 Å². The van der Waals surface area contributed by atoms with Gasteiger partial charge in [-0.05, 0) is 43.1 Å². The quantitative estimate of drug-likeness (QED) is 0.563. The summed E-state index contributed by atoms with van der Waals surface area (Å²) in [5.74, 6) is 0.736. The molecule has 0 radical (unpaired) electrons.